The summed E-state index contributed by atoms with van der Waals surface area (Å²) in [6, 6.07) is 66.3. The molecule has 0 bridgehead atoms. The second kappa shape index (κ2) is 12.7. The molecule has 1 N–H and O–H groups in total. The van der Waals surface area contributed by atoms with Crippen LogP contribution in [0.25, 0.3) is 76.5 Å². The van der Waals surface area contributed by atoms with Crippen LogP contribution in [-0.2, 0) is 0 Å². The topological polar surface area (TPSA) is 49.9 Å². The van der Waals surface area contributed by atoms with Crippen LogP contribution in [0.3, 0.4) is 0 Å². The molecule has 0 spiro atoms. The molecule has 258 valence electrons. The fourth-order valence-corrected chi connectivity index (χ4v) is 8.33. The van der Waals surface area contributed by atoms with Crippen molar-refractivity contribution in [3.8, 4) is 22.3 Å². The van der Waals surface area contributed by atoms with Crippen LogP contribution in [0.2, 0.25) is 0 Å². The summed E-state index contributed by atoms with van der Waals surface area (Å²) in [7, 11) is 0. The summed E-state index contributed by atoms with van der Waals surface area (Å²) < 4.78 is 6.77. The normalized spacial score (nSPS) is 14.4. The number of fused-ring (bicyclic) bond motifs is 6. The van der Waals surface area contributed by atoms with Gasteiger partial charge in [-0.1, -0.05) is 176 Å². The molecule has 2 heterocycles. The average molecular weight is 704 g/mol. The minimum Gasteiger partial charge on any atom is -0.455 e. The van der Waals surface area contributed by atoms with Gasteiger partial charge in [0.25, 0.3) is 0 Å². The first-order valence-corrected chi connectivity index (χ1v) is 18.7. The van der Waals surface area contributed by atoms with Crippen molar-refractivity contribution in [2.75, 3.05) is 0 Å². The third kappa shape index (κ3) is 5.22. The molecular weight excluding hydrogens is 671 g/mol. The zero-order valence-corrected chi connectivity index (χ0v) is 29.8. The molecule has 1 aromatic heterocycles. The predicted molar refractivity (Wildman–Crippen MR) is 229 cm³/mol. The van der Waals surface area contributed by atoms with Gasteiger partial charge in [-0.05, 0) is 66.7 Å². The van der Waals surface area contributed by atoms with Gasteiger partial charge in [-0.25, -0.2) is 9.98 Å². The molecular formula is C51H33N3O. The zero-order valence-electron chi connectivity index (χ0n) is 29.8. The number of rotatable bonds is 5. The Balaban J connectivity index is 1.08. The summed E-state index contributed by atoms with van der Waals surface area (Å²) in [5.74, 6) is 1.50. The molecule has 10 aromatic rings. The van der Waals surface area contributed by atoms with Crippen LogP contribution in [0.15, 0.2) is 202 Å². The van der Waals surface area contributed by atoms with Crippen LogP contribution < -0.4 is 5.32 Å². The summed E-state index contributed by atoms with van der Waals surface area (Å²) in [6.45, 7) is 0. The number of nitrogens with zero attached hydrogens (tertiary/aromatic N) is 2. The van der Waals surface area contributed by atoms with Crippen LogP contribution in [0.4, 0.5) is 0 Å². The van der Waals surface area contributed by atoms with E-state index in [1.165, 1.54) is 21.7 Å². The van der Waals surface area contributed by atoms with Crippen molar-refractivity contribution < 1.29 is 4.42 Å². The van der Waals surface area contributed by atoms with Gasteiger partial charge < -0.3 is 9.73 Å². The maximum Gasteiger partial charge on any atom is 0.159 e. The average Bonchev–Trinajstić information content (AvgIpc) is 3.65. The van der Waals surface area contributed by atoms with Crippen molar-refractivity contribution in [1.82, 2.24) is 5.32 Å². The molecule has 9 aromatic carbocycles. The van der Waals surface area contributed by atoms with E-state index in [0.29, 0.717) is 5.84 Å². The minimum absolute atomic E-state index is 0.296. The van der Waals surface area contributed by atoms with E-state index >= 15 is 0 Å². The standard InChI is InChI=1S/C51H33N3O/c1-2-15-34(16-3-1)49-52-50(36-28-27-32-13-4-5-17-35(32)31-36)54-51(53-49)44-30-29-41(39-20-8-9-21-40(39)44)42-23-12-26-46-47(42)45-25-11-24-43(48(45)55-46)38-22-10-18-33-14-6-7-19-37(33)38/h1-31,49H,(H,52,53,54). The largest absolute Gasteiger partial charge is 0.455 e. The lowest BCUT2D eigenvalue weighted by Gasteiger charge is -2.25. The van der Waals surface area contributed by atoms with E-state index in [1.807, 2.05) is 6.07 Å². The fraction of sp³-hybridized carbons (Fsp3) is 0.0196. The Morgan fingerprint density at radius 3 is 1.93 bits per heavy atom. The molecule has 11 rings (SSSR count). The highest BCUT2D eigenvalue weighted by Crippen LogP contribution is 2.43. The molecule has 1 unspecified atom stereocenters. The third-order valence-corrected chi connectivity index (χ3v) is 10.9. The lowest BCUT2D eigenvalue weighted by molar-refractivity contribution is 0.670. The number of para-hydroxylation sites is 1. The van der Waals surface area contributed by atoms with E-state index in [2.05, 4.69) is 187 Å². The van der Waals surface area contributed by atoms with Gasteiger partial charge in [0, 0.05) is 27.5 Å². The molecule has 1 aliphatic rings. The number of nitrogens with one attached hydrogen (secondary N) is 1. The molecule has 4 heteroatoms. The number of furan rings is 1. The van der Waals surface area contributed by atoms with E-state index in [1.54, 1.807) is 0 Å². The third-order valence-electron chi connectivity index (χ3n) is 10.9. The summed E-state index contributed by atoms with van der Waals surface area (Å²) in [4.78, 5) is 10.4. The first-order chi connectivity index (χ1) is 27.3. The first-order valence-electron chi connectivity index (χ1n) is 18.7. The molecule has 0 saturated carbocycles. The van der Waals surface area contributed by atoms with Gasteiger partial charge in [0.2, 0.25) is 0 Å². The van der Waals surface area contributed by atoms with E-state index in [0.717, 1.165) is 77.3 Å². The molecule has 1 aliphatic heterocycles. The Hall–Kier alpha value is -7.30. The van der Waals surface area contributed by atoms with E-state index in [4.69, 9.17) is 14.4 Å². The van der Waals surface area contributed by atoms with Gasteiger partial charge in [-0.15, -0.1) is 0 Å². The summed E-state index contributed by atoms with van der Waals surface area (Å²) in [5, 5.41) is 12.9. The Kier molecular flexibility index (Phi) is 7.20. The number of hydrogen-bond donors (Lipinski definition) is 1. The molecule has 1 atom stereocenters. The number of hydrogen-bond acceptors (Lipinski definition) is 4. The van der Waals surface area contributed by atoms with Gasteiger partial charge in [0.15, 0.2) is 5.84 Å². The van der Waals surface area contributed by atoms with Crippen molar-refractivity contribution in [1.29, 1.82) is 0 Å². The van der Waals surface area contributed by atoms with E-state index < -0.39 is 0 Å². The van der Waals surface area contributed by atoms with Gasteiger partial charge in [0.1, 0.15) is 23.2 Å². The van der Waals surface area contributed by atoms with Crippen LogP contribution in [-0.4, -0.2) is 11.7 Å². The van der Waals surface area contributed by atoms with Crippen molar-refractivity contribution in [3.05, 3.63) is 205 Å². The predicted octanol–water partition coefficient (Wildman–Crippen LogP) is 12.9. The number of amidine groups is 2. The van der Waals surface area contributed by atoms with E-state index in [9.17, 15) is 0 Å². The zero-order chi connectivity index (χ0) is 36.3. The summed E-state index contributed by atoms with van der Waals surface area (Å²) >= 11 is 0. The highest BCUT2D eigenvalue weighted by molar-refractivity contribution is 6.22. The number of aliphatic imine (C=N–C) groups is 2. The van der Waals surface area contributed by atoms with Crippen LogP contribution in [0.1, 0.15) is 22.9 Å². The SMILES string of the molecule is c1ccc(C2N=C(c3ccc4ccccc4c3)N=C(c3ccc(-c4cccc5oc6c(-c7cccc8ccccc78)cccc6c45)c4ccccc34)N2)cc1. The van der Waals surface area contributed by atoms with Crippen LogP contribution >= 0.6 is 0 Å². The Morgan fingerprint density at radius 2 is 1.05 bits per heavy atom. The highest BCUT2D eigenvalue weighted by Gasteiger charge is 2.24. The molecule has 4 nitrogen and oxygen atoms in total. The van der Waals surface area contributed by atoms with E-state index in [-0.39, 0.29) is 6.17 Å². The smallest absolute Gasteiger partial charge is 0.159 e. The van der Waals surface area contributed by atoms with Gasteiger partial charge in [0.05, 0.1) is 0 Å². The van der Waals surface area contributed by atoms with Crippen molar-refractivity contribution in [2.24, 2.45) is 9.98 Å². The van der Waals surface area contributed by atoms with Crippen LogP contribution in [0, 0.1) is 0 Å². The molecule has 0 saturated heterocycles. The minimum atomic E-state index is -0.296. The quantitative estimate of drug-likeness (QED) is 0.194. The second-order valence-corrected chi connectivity index (χ2v) is 14.1. The number of benzene rings is 9. The molecule has 55 heavy (non-hydrogen) atoms. The fourth-order valence-electron chi connectivity index (χ4n) is 8.33. The van der Waals surface area contributed by atoms with Gasteiger partial charge >= 0.3 is 0 Å². The molecule has 0 aliphatic carbocycles. The van der Waals surface area contributed by atoms with Crippen molar-refractivity contribution in [3.63, 3.8) is 0 Å². The maximum atomic E-state index is 6.77. The second-order valence-electron chi connectivity index (χ2n) is 14.1. The molecule has 0 amide bonds. The molecule has 0 radical (unpaired) electrons. The van der Waals surface area contributed by atoms with Crippen LogP contribution in [0.5, 0.6) is 0 Å². The first kappa shape index (κ1) is 31.2. The Labute approximate surface area is 317 Å². The maximum absolute atomic E-state index is 6.77. The Bertz CT molecular complexity index is 3190. The monoisotopic (exact) mass is 703 g/mol. The van der Waals surface area contributed by atoms with Gasteiger partial charge in [-0.2, -0.15) is 0 Å². The summed E-state index contributed by atoms with van der Waals surface area (Å²) in [5.41, 5.74) is 9.39. The van der Waals surface area contributed by atoms with Crippen molar-refractivity contribution >= 4 is 65.9 Å². The molecule has 0 fully saturated rings. The summed E-state index contributed by atoms with van der Waals surface area (Å²) in [6.07, 6.45) is -0.296. The van der Waals surface area contributed by atoms with Crippen molar-refractivity contribution in [2.45, 2.75) is 6.17 Å². The Morgan fingerprint density at radius 1 is 0.436 bits per heavy atom. The highest BCUT2D eigenvalue weighted by atomic mass is 16.3. The van der Waals surface area contributed by atoms with Gasteiger partial charge in [-0.3, -0.25) is 0 Å². The lowest BCUT2D eigenvalue weighted by Crippen LogP contribution is -2.33. The lowest BCUT2D eigenvalue weighted by atomic mass is 9.91.